The average molecular weight is 356 g/mol. The number of carbonyl (C=O) groups is 1. The minimum atomic E-state index is -1.15. The SMILES string of the molecule is Cc1cc(Br)c(F)cc1-n1nnc(C(=O)O)c1C(C)(C)C. The zero-order chi connectivity index (χ0) is 15.9. The number of carboxylic acid groups (broad SMARTS) is 1. The lowest BCUT2D eigenvalue weighted by Gasteiger charge is -2.21. The summed E-state index contributed by atoms with van der Waals surface area (Å²) >= 11 is 3.12. The van der Waals surface area contributed by atoms with E-state index in [0.29, 0.717) is 15.9 Å². The van der Waals surface area contributed by atoms with Crippen LogP contribution in [-0.4, -0.2) is 26.1 Å². The van der Waals surface area contributed by atoms with E-state index in [9.17, 15) is 14.3 Å². The van der Waals surface area contributed by atoms with Crippen LogP contribution in [0.2, 0.25) is 0 Å². The first-order valence-electron chi connectivity index (χ1n) is 6.28. The van der Waals surface area contributed by atoms with Gasteiger partial charge in [-0.3, -0.25) is 0 Å². The molecule has 2 aromatic rings. The zero-order valence-electron chi connectivity index (χ0n) is 12.1. The summed E-state index contributed by atoms with van der Waals surface area (Å²) in [6.45, 7) is 7.38. The number of hydrogen-bond acceptors (Lipinski definition) is 3. The van der Waals surface area contributed by atoms with E-state index in [2.05, 4.69) is 26.2 Å². The molecule has 0 spiro atoms. The maximum Gasteiger partial charge on any atom is 0.358 e. The first kappa shape index (κ1) is 15.6. The molecule has 1 aromatic carbocycles. The van der Waals surface area contributed by atoms with E-state index in [0.717, 1.165) is 5.56 Å². The van der Waals surface area contributed by atoms with Gasteiger partial charge in [0.2, 0.25) is 0 Å². The minimum Gasteiger partial charge on any atom is -0.476 e. The second-order valence-corrected chi connectivity index (χ2v) is 6.66. The molecule has 1 aromatic heterocycles. The fraction of sp³-hybridized carbons (Fsp3) is 0.357. The van der Waals surface area contributed by atoms with Gasteiger partial charge in [0.05, 0.1) is 15.9 Å². The molecule has 0 saturated heterocycles. The molecular weight excluding hydrogens is 341 g/mol. The summed E-state index contributed by atoms with van der Waals surface area (Å²) in [7, 11) is 0. The molecule has 0 atom stereocenters. The molecule has 0 aliphatic carbocycles. The summed E-state index contributed by atoms with van der Waals surface area (Å²) in [4.78, 5) is 11.3. The summed E-state index contributed by atoms with van der Waals surface area (Å²) < 4.78 is 15.6. The standard InChI is InChI=1S/C14H15BrFN3O2/c1-7-5-8(15)9(16)6-10(7)19-12(14(2,3)4)11(13(20)21)17-18-19/h5-6H,1-4H3,(H,20,21). The van der Waals surface area contributed by atoms with Crippen LogP contribution in [0.5, 0.6) is 0 Å². The molecule has 7 heteroatoms. The largest absolute Gasteiger partial charge is 0.476 e. The van der Waals surface area contributed by atoms with E-state index < -0.39 is 17.2 Å². The van der Waals surface area contributed by atoms with Gasteiger partial charge in [-0.25, -0.2) is 13.9 Å². The van der Waals surface area contributed by atoms with Gasteiger partial charge in [0.15, 0.2) is 5.69 Å². The maximum atomic E-state index is 13.8. The molecule has 5 nitrogen and oxygen atoms in total. The van der Waals surface area contributed by atoms with Crippen LogP contribution in [0.15, 0.2) is 16.6 Å². The number of halogens is 2. The summed E-state index contributed by atoms with van der Waals surface area (Å²) in [6.07, 6.45) is 0. The van der Waals surface area contributed by atoms with Crippen LogP contribution in [0.3, 0.4) is 0 Å². The fourth-order valence-electron chi connectivity index (χ4n) is 2.13. The van der Waals surface area contributed by atoms with Gasteiger partial charge in [0.25, 0.3) is 0 Å². The molecule has 112 valence electrons. The monoisotopic (exact) mass is 355 g/mol. The lowest BCUT2D eigenvalue weighted by Crippen LogP contribution is -2.21. The van der Waals surface area contributed by atoms with E-state index in [4.69, 9.17) is 0 Å². The van der Waals surface area contributed by atoms with Crippen LogP contribution in [0, 0.1) is 12.7 Å². The Kier molecular flexibility index (Phi) is 3.88. The third-order valence-electron chi connectivity index (χ3n) is 3.05. The molecular formula is C14H15BrFN3O2. The van der Waals surface area contributed by atoms with Gasteiger partial charge in [-0.05, 0) is 34.5 Å². The van der Waals surface area contributed by atoms with Crippen molar-refractivity contribution in [3.05, 3.63) is 39.4 Å². The summed E-state index contributed by atoms with van der Waals surface area (Å²) in [5.74, 6) is -1.59. The van der Waals surface area contributed by atoms with Crippen LogP contribution in [0.4, 0.5) is 4.39 Å². The molecule has 0 saturated carbocycles. The molecule has 0 unspecified atom stereocenters. The topological polar surface area (TPSA) is 68.0 Å². The van der Waals surface area contributed by atoms with Crippen molar-refractivity contribution in [2.45, 2.75) is 33.1 Å². The third kappa shape index (κ3) is 2.83. The van der Waals surface area contributed by atoms with Gasteiger partial charge in [-0.1, -0.05) is 26.0 Å². The highest BCUT2D eigenvalue weighted by Crippen LogP contribution is 2.30. The Morgan fingerprint density at radius 2 is 2.00 bits per heavy atom. The van der Waals surface area contributed by atoms with E-state index in [1.54, 1.807) is 13.0 Å². The Morgan fingerprint density at radius 1 is 1.38 bits per heavy atom. The molecule has 0 bridgehead atoms. The minimum absolute atomic E-state index is 0.120. The van der Waals surface area contributed by atoms with Gasteiger partial charge in [-0.15, -0.1) is 5.10 Å². The van der Waals surface area contributed by atoms with Crippen LogP contribution in [0.1, 0.15) is 42.5 Å². The highest BCUT2D eigenvalue weighted by molar-refractivity contribution is 9.10. The smallest absolute Gasteiger partial charge is 0.358 e. The van der Waals surface area contributed by atoms with Crippen molar-refractivity contribution in [3.8, 4) is 5.69 Å². The molecule has 0 radical (unpaired) electrons. The second kappa shape index (κ2) is 5.22. The highest BCUT2D eigenvalue weighted by atomic mass is 79.9. The van der Waals surface area contributed by atoms with Gasteiger partial charge in [0.1, 0.15) is 5.82 Å². The normalized spacial score (nSPS) is 11.7. The number of hydrogen-bond donors (Lipinski definition) is 1. The molecule has 1 N–H and O–H groups in total. The average Bonchev–Trinajstić information content (AvgIpc) is 2.78. The predicted octanol–water partition coefficient (Wildman–Crippen LogP) is 3.47. The summed E-state index contributed by atoms with van der Waals surface area (Å²) in [6, 6.07) is 2.94. The van der Waals surface area contributed by atoms with E-state index in [1.807, 2.05) is 20.8 Å². The van der Waals surface area contributed by atoms with Gasteiger partial charge < -0.3 is 5.11 Å². The lowest BCUT2D eigenvalue weighted by atomic mass is 9.90. The highest BCUT2D eigenvalue weighted by Gasteiger charge is 2.30. The lowest BCUT2D eigenvalue weighted by molar-refractivity contribution is 0.0687. The third-order valence-corrected chi connectivity index (χ3v) is 3.66. The van der Waals surface area contributed by atoms with Crippen molar-refractivity contribution < 1.29 is 14.3 Å². The number of aromatic carboxylic acids is 1. The molecule has 0 amide bonds. The Bertz CT molecular complexity index is 720. The molecule has 2 rings (SSSR count). The van der Waals surface area contributed by atoms with Crippen LogP contribution >= 0.6 is 15.9 Å². The van der Waals surface area contributed by atoms with Crippen molar-refractivity contribution in [2.75, 3.05) is 0 Å². The first-order valence-corrected chi connectivity index (χ1v) is 7.07. The van der Waals surface area contributed by atoms with Gasteiger partial charge in [-0.2, -0.15) is 0 Å². The van der Waals surface area contributed by atoms with Crippen LogP contribution in [0.25, 0.3) is 5.69 Å². The Morgan fingerprint density at radius 3 is 2.52 bits per heavy atom. The second-order valence-electron chi connectivity index (χ2n) is 5.81. The van der Waals surface area contributed by atoms with Crippen LogP contribution in [-0.2, 0) is 5.41 Å². The summed E-state index contributed by atoms with van der Waals surface area (Å²) in [5, 5.41) is 16.9. The van der Waals surface area contributed by atoms with Crippen molar-refractivity contribution in [1.29, 1.82) is 0 Å². The van der Waals surface area contributed by atoms with Crippen molar-refractivity contribution in [2.24, 2.45) is 0 Å². The number of aryl methyl sites for hydroxylation is 1. The fourth-order valence-corrected chi connectivity index (χ4v) is 2.59. The van der Waals surface area contributed by atoms with E-state index >= 15 is 0 Å². The maximum absolute atomic E-state index is 13.8. The molecule has 0 aliphatic heterocycles. The van der Waals surface area contributed by atoms with E-state index in [-0.39, 0.29) is 5.69 Å². The molecule has 21 heavy (non-hydrogen) atoms. The Balaban J connectivity index is 2.77. The number of nitrogens with zero attached hydrogens (tertiary/aromatic N) is 3. The van der Waals surface area contributed by atoms with Gasteiger partial charge in [0, 0.05) is 11.5 Å². The number of carboxylic acids is 1. The van der Waals surface area contributed by atoms with Crippen molar-refractivity contribution in [1.82, 2.24) is 15.0 Å². The van der Waals surface area contributed by atoms with Crippen molar-refractivity contribution >= 4 is 21.9 Å². The molecule has 0 aliphatic rings. The summed E-state index contributed by atoms with van der Waals surface area (Å²) in [5.41, 5.74) is 1.04. The molecule has 1 heterocycles. The van der Waals surface area contributed by atoms with Crippen molar-refractivity contribution in [3.63, 3.8) is 0 Å². The van der Waals surface area contributed by atoms with Crippen LogP contribution < -0.4 is 0 Å². The Labute approximate surface area is 129 Å². The number of rotatable bonds is 2. The number of benzene rings is 1. The number of aromatic nitrogens is 3. The quantitative estimate of drug-likeness (QED) is 0.895. The van der Waals surface area contributed by atoms with E-state index in [1.165, 1.54) is 10.7 Å². The Hall–Kier alpha value is -1.76. The first-order chi connectivity index (χ1) is 9.62. The van der Waals surface area contributed by atoms with Gasteiger partial charge >= 0.3 is 5.97 Å². The predicted molar refractivity (Wildman–Crippen MR) is 79.4 cm³/mol. The molecule has 0 fully saturated rings. The zero-order valence-corrected chi connectivity index (χ0v) is 13.7.